The fourth-order valence-corrected chi connectivity index (χ4v) is 3.47. The summed E-state index contributed by atoms with van der Waals surface area (Å²) in [5, 5.41) is 6.65. The van der Waals surface area contributed by atoms with Crippen LogP contribution in [0.1, 0.15) is 32.3 Å². The minimum Gasteiger partial charge on any atom is -0.486 e. The third-order valence-electron chi connectivity index (χ3n) is 4.85. The van der Waals surface area contributed by atoms with E-state index < -0.39 is 0 Å². The molecule has 160 valence electrons. The Kier molecular flexibility index (Phi) is 7.90. The maximum Gasteiger partial charge on any atom is 0.243 e. The van der Waals surface area contributed by atoms with Crippen LogP contribution in [-0.4, -0.2) is 42.2 Å². The van der Waals surface area contributed by atoms with Gasteiger partial charge in [-0.25, -0.2) is 0 Å². The molecule has 1 heterocycles. The van der Waals surface area contributed by atoms with Gasteiger partial charge in [0.15, 0.2) is 16.6 Å². The largest absolute Gasteiger partial charge is 0.486 e. The molecule has 1 amide bonds. The van der Waals surface area contributed by atoms with Crippen molar-refractivity contribution in [1.29, 1.82) is 0 Å². The molecule has 1 aliphatic heterocycles. The highest BCUT2D eigenvalue weighted by Gasteiger charge is 2.15. The third-order valence-corrected chi connectivity index (χ3v) is 5.21. The van der Waals surface area contributed by atoms with E-state index in [0.29, 0.717) is 42.1 Å². The molecule has 0 unspecified atom stereocenters. The first-order chi connectivity index (χ1) is 14.6. The molecule has 0 aliphatic carbocycles. The molecule has 0 spiro atoms. The highest BCUT2D eigenvalue weighted by molar-refractivity contribution is 7.80. The van der Waals surface area contributed by atoms with Gasteiger partial charge in [-0.15, -0.1) is 0 Å². The third kappa shape index (κ3) is 6.10. The quantitative estimate of drug-likeness (QED) is 0.607. The molecule has 2 aromatic rings. The predicted molar refractivity (Wildman–Crippen MR) is 125 cm³/mol. The Morgan fingerprint density at radius 2 is 1.70 bits per heavy atom. The second-order valence-corrected chi connectivity index (χ2v) is 7.54. The molecular weight excluding hydrogens is 398 g/mol. The molecule has 7 heteroatoms. The van der Waals surface area contributed by atoms with Crippen molar-refractivity contribution in [3.63, 3.8) is 0 Å². The molecule has 6 nitrogen and oxygen atoms in total. The van der Waals surface area contributed by atoms with Gasteiger partial charge in [-0.2, -0.15) is 0 Å². The number of anilines is 2. The zero-order chi connectivity index (χ0) is 21.3. The van der Waals surface area contributed by atoms with Crippen molar-refractivity contribution in [2.75, 3.05) is 36.9 Å². The Balaban J connectivity index is 1.53. The summed E-state index contributed by atoms with van der Waals surface area (Å²) in [6.45, 7) is 5.99. The van der Waals surface area contributed by atoms with Crippen molar-refractivity contribution in [1.82, 2.24) is 4.90 Å². The lowest BCUT2D eigenvalue weighted by atomic mass is 10.1. The Morgan fingerprint density at radius 1 is 1.00 bits per heavy atom. The molecule has 0 radical (unpaired) electrons. The molecule has 2 aromatic carbocycles. The molecule has 0 bridgehead atoms. The van der Waals surface area contributed by atoms with E-state index in [2.05, 4.69) is 29.7 Å². The molecule has 3 rings (SSSR count). The van der Waals surface area contributed by atoms with Gasteiger partial charge < -0.3 is 25.0 Å². The smallest absolute Gasteiger partial charge is 0.243 e. The minimum absolute atomic E-state index is 0.146. The minimum atomic E-state index is -0.146. The average Bonchev–Trinajstić information content (AvgIpc) is 2.76. The molecular formula is C23H29N3O3S. The van der Waals surface area contributed by atoms with Crippen molar-refractivity contribution in [2.45, 2.75) is 33.1 Å². The number of benzene rings is 2. The van der Waals surface area contributed by atoms with Crippen LogP contribution in [0.5, 0.6) is 11.5 Å². The summed E-state index contributed by atoms with van der Waals surface area (Å²) in [5.74, 6) is 1.19. The first-order valence-corrected chi connectivity index (χ1v) is 10.8. The summed E-state index contributed by atoms with van der Waals surface area (Å²) in [7, 11) is 0. The molecule has 0 atom stereocenters. The van der Waals surface area contributed by atoms with Gasteiger partial charge in [-0.3, -0.25) is 4.79 Å². The van der Waals surface area contributed by atoms with E-state index in [0.717, 1.165) is 12.1 Å². The maximum atomic E-state index is 12.5. The Bertz CT molecular complexity index is 870. The average molecular weight is 428 g/mol. The summed E-state index contributed by atoms with van der Waals surface area (Å²) in [6, 6.07) is 13.7. The van der Waals surface area contributed by atoms with Gasteiger partial charge in [0.25, 0.3) is 0 Å². The van der Waals surface area contributed by atoms with Crippen LogP contribution in [0.3, 0.4) is 0 Å². The number of hydrogen-bond donors (Lipinski definition) is 2. The van der Waals surface area contributed by atoms with Gasteiger partial charge >= 0.3 is 0 Å². The van der Waals surface area contributed by atoms with Crippen LogP contribution in [0.4, 0.5) is 11.4 Å². The van der Waals surface area contributed by atoms with Crippen LogP contribution in [0.25, 0.3) is 0 Å². The number of fused-ring (bicyclic) bond motifs is 1. The molecule has 1 aliphatic rings. The molecule has 0 saturated carbocycles. The van der Waals surface area contributed by atoms with Crippen molar-refractivity contribution in [3.8, 4) is 11.5 Å². The standard InChI is InChI=1S/C23H29N3O3S/c1-3-5-6-17-7-9-18(10-8-17)25-23(30)26(4-2)16-22(27)24-19-11-12-20-21(15-19)29-14-13-28-20/h7-12,15H,3-6,13-14,16H2,1-2H3,(H,24,27)(H,25,30). The lowest BCUT2D eigenvalue weighted by molar-refractivity contribution is -0.116. The molecule has 2 N–H and O–H groups in total. The van der Waals surface area contributed by atoms with E-state index in [1.165, 1.54) is 18.4 Å². The van der Waals surface area contributed by atoms with Crippen LogP contribution in [0.15, 0.2) is 42.5 Å². The summed E-state index contributed by atoms with van der Waals surface area (Å²) < 4.78 is 11.1. The normalized spacial score (nSPS) is 12.2. The van der Waals surface area contributed by atoms with Crippen LogP contribution >= 0.6 is 12.2 Å². The highest BCUT2D eigenvalue weighted by atomic mass is 32.1. The predicted octanol–water partition coefficient (Wildman–Crippen LogP) is 4.46. The lowest BCUT2D eigenvalue weighted by Gasteiger charge is -2.24. The number of unbranched alkanes of at least 4 members (excludes halogenated alkanes) is 1. The zero-order valence-electron chi connectivity index (χ0n) is 17.6. The zero-order valence-corrected chi connectivity index (χ0v) is 18.4. The number of carbonyl (C=O) groups is 1. The van der Waals surface area contributed by atoms with E-state index in [1.807, 2.05) is 24.0 Å². The Morgan fingerprint density at radius 3 is 2.40 bits per heavy atom. The lowest BCUT2D eigenvalue weighted by Crippen LogP contribution is -2.40. The van der Waals surface area contributed by atoms with Crippen molar-refractivity contribution >= 4 is 34.6 Å². The van der Waals surface area contributed by atoms with Gasteiger partial charge in [-0.05, 0) is 61.8 Å². The summed E-state index contributed by atoms with van der Waals surface area (Å²) in [6.07, 6.45) is 3.46. The number of rotatable bonds is 8. The van der Waals surface area contributed by atoms with E-state index in [1.54, 1.807) is 18.2 Å². The van der Waals surface area contributed by atoms with Crippen molar-refractivity contribution in [2.24, 2.45) is 0 Å². The first kappa shape index (κ1) is 21.9. The van der Waals surface area contributed by atoms with Crippen LogP contribution in [-0.2, 0) is 11.2 Å². The van der Waals surface area contributed by atoms with E-state index >= 15 is 0 Å². The topological polar surface area (TPSA) is 62.8 Å². The molecule has 30 heavy (non-hydrogen) atoms. The number of nitrogens with one attached hydrogen (secondary N) is 2. The monoisotopic (exact) mass is 427 g/mol. The van der Waals surface area contributed by atoms with Gasteiger partial charge in [-0.1, -0.05) is 25.5 Å². The second kappa shape index (κ2) is 10.8. The fraction of sp³-hybridized carbons (Fsp3) is 0.391. The molecule has 0 saturated heterocycles. The number of nitrogens with zero attached hydrogens (tertiary/aromatic N) is 1. The number of carbonyl (C=O) groups excluding carboxylic acids is 1. The van der Waals surface area contributed by atoms with E-state index in [4.69, 9.17) is 21.7 Å². The highest BCUT2D eigenvalue weighted by Crippen LogP contribution is 2.32. The van der Waals surface area contributed by atoms with Crippen LogP contribution in [0.2, 0.25) is 0 Å². The summed E-state index contributed by atoms with van der Waals surface area (Å²) >= 11 is 5.52. The fourth-order valence-electron chi connectivity index (χ4n) is 3.16. The SMILES string of the molecule is CCCCc1ccc(NC(=S)N(CC)CC(=O)Nc2ccc3c(c2)OCCO3)cc1. The Hall–Kier alpha value is -2.80. The van der Waals surface area contributed by atoms with E-state index in [9.17, 15) is 4.79 Å². The first-order valence-electron chi connectivity index (χ1n) is 10.4. The van der Waals surface area contributed by atoms with E-state index in [-0.39, 0.29) is 12.5 Å². The number of likely N-dealkylation sites (N-methyl/N-ethyl adjacent to an activating group) is 1. The van der Waals surface area contributed by atoms with Gasteiger partial charge in [0.05, 0.1) is 6.54 Å². The van der Waals surface area contributed by atoms with Crippen LogP contribution in [0, 0.1) is 0 Å². The maximum absolute atomic E-state index is 12.5. The number of hydrogen-bond acceptors (Lipinski definition) is 4. The number of aryl methyl sites for hydroxylation is 1. The number of ether oxygens (including phenoxy) is 2. The van der Waals surface area contributed by atoms with Gasteiger partial charge in [0, 0.05) is 24.0 Å². The van der Waals surface area contributed by atoms with Crippen molar-refractivity contribution in [3.05, 3.63) is 48.0 Å². The van der Waals surface area contributed by atoms with Gasteiger partial charge in [0.2, 0.25) is 5.91 Å². The Labute approximate surface area is 183 Å². The number of amides is 1. The van der Waals surface area contributed by atoms with Crippen molar-refractivity contribution < 1.29 is 14.3 Å². The second-order valence-electron chi connectivity index (χ2n) is 7.15. The van der Waals surface area contributed by atoms with Gasteiger partial charge in [0.1, 0.15) is 13.2 Å². The summed E-state index contributed by atoms with van der Waals surface area (Å²) in [4.78, 5) is 14.4. The number of thiocarbonyl (C=S) groups is 1. The molecule has 0 aromatic heterocycles. The molecule has 0 fully saturated rings. The van der Waals surface area contributed by atoms with Crippen LogP contribution < -0.4 is 20.1 Å². The summed E-state index contributed by atoms with van der Waals surface area (Å²) in [5.41, 5.74) is 2.91.